The summed E-state index contributed by atoms with van der Waals surface area (Å²) in [5.41, 5.74) is 4.79. The first-order valence-electron chi connectivity index (χ1n) is 5.72. The van der Waals surface area contributed by atoms with Gasteiger partial charge in [-0.1, -0.05) is 44.2 Å². The Balaban J connectivity index is 2.82. The highest BCUT2D eigenvalue weighted by molar-refractivity contribution is 5.32. The second-order valence-electron chi connectivity index (χ2n) is 5.24. The molecule has 0 aliphatic carbocycles. The summed E-state index contributed by atoms with van der Waals surface area (Å²) in [6.07, 6.45) is 0.842. The Kier molecular flexibility index (Phi) is 3.93. The van der Waals surface area contributed by atoms with Crippen LogP contribution in [0.4, 0.5) is 0 Å². The first-order valence-corrected chi connectivity index (χ1v) is 5.72. The molecule has 0 radical (unpaired) electrons. The van der Waals surface area contributed by atoms with Crippen LogP contribution >= 0.6 is 0 Å². The van der Waals surface area contributed by atoms with E-state index in [-0.39, 0.29) is 12.0 Å². The van der Waals surface area contributed by atoms with Crippen LogP contribution in [0.25, 0.3) is 0 Å². The minimum atomic E-state index is -0.196. The van der Waals surface area contributed by atoms with Gasteiger partial charge in [0.15, 0.2) is 0 Å². The molecule has 0 saturated carbocycles. The summed E-state index contributed by atoms with van der Waals surface area (Å²) in [7, 11) is 0. The molecule has 0 aromatic heterocycles. The lowest BCUT2D eigenvalue weighted by molar-refractivity contribution is 0.188. The van der Waals surface area contributed by atoms with Crippen molar-refractivity contribution in [3.8, 4) is 0 Å². The topological polar surface area (TPSA) is 20.2 Å². The predicted molar refractivity (Wildman–Crippen MR) is 69.6 cm³/mol. The van der Waals surface area contributed by atoms with E-state index in [2.05, 4.69) is 38.6 Å². The number of aliphatic hydroxyl groups is 1. The summed E-state index contributed by atoms with van der Waals surface area (Å²) in [5.74, 6) is 0. The van der Waals surface area contributed by atoms with Crippen molar-refractivity contribution in [3.05, 3.63) is 47.0 Å². The average Bonchev–Trinajstić information content (AvgIpc) is 2.23. The van der Waals surface area contributed by atoms with Crippen molar-refractivity contribution in [3.63, 3.8) is 0 Å². The molecule has 1 rings (SSSR count). The first kappa shape index (κ1) is 13.0. The second-order valence-corrected chi connectivity index (χ2v) is 5.24. The van der Waals surface area contributed by atoms with Crippen molar-refractivity contribution in [1.82, 2.24) is 0 Å². The van der Waals surface area contributed by atoms with E-state index in [9.17, 15) is 5.11 Å². The van der Waals surface area contributed by atoms with Gasteiger partial charge in [0, 0.05) is 5.41 Å². The minimum absolute atomic E-state index is 0.149. The van der Waals surface area contributed by atoms with Crippen LogP contribution in [0.3, 0.4) is 0 Å². The Morgan fingerprint density at radius 3 is 2.38 bits per heavy atom. The summed E-state index contributed by atoms with van der Waals surface area (Å²) in [4.78, 5) is 0. The average molecular weight is 218 g/mol. The van der Waals surface area contributed by atoms with E-state index in [1.165, 1.54) is 16.7 Å². The van der Waals surface area contributed by atoms with Crippen LogP contribution in [0, 0.1) is 19.3 Å². The molecule has 0 aliphatic heterocycles. The number of aryl methyl sites for hydroxylation is 2. The maximum atomic E-state index is 9.28. The van der Waals surface area contributed by atoms with Gasteiger partial charge >= 0.3 is 0 Å². The van der Waals surface area contributed by atoms with E-state index < -0.39 is 0 Å². The summed E-state index contributed by atoms with van der Waals surface area (Å²) in [6, 6.07) is 6.48. The molecule has 0 fully saturated rings. The third kappa shape index (κ3) is 2.96. The summed E-state index contributed by atoms with van der Waals surface area (Å²) in [5, 5.41) is 9.28. The molecule has 0 unspecified atom stereocenters. The van der Waals surface area contributed by atoms with E-state index in [0.717, 1.165) is 12.0 Å². The zero-order valence-electron chi connectivity index (χ0n) is 10.8. The Morgan fingerprint density at radius 1 is 1.25 bits per heavy atom. The fourth-order valence-electron chi connectivity index (χ4n) is 1.51. The molecule has 1 nitrogen and oxygen atoms in total. The van der Waals surface area contributed by atoms with Crippen LogP contribution in [0.5, 0.6) is 0 Å². The van der Waals surface area contributed by atoms with E-state index >= 15 is 0 Å². The highest BCUT2D eigenvalue weighted by Gasteiger charge is 2.20. The highest BCUT2D eigenvalue weighted by atomic mass is 16.3. The molecule has 16 heavy (non-hydrogen) atoms. The third-order valence-electron chi connectivity index (χ3n) is 3.34. The molecule has 0 aliphatic rings. The molecule has 0 amide bonds. The minimum Gasteiger partial charge on any atom is -0.395 e. The maximum Gasteiger partial charge on any atom is 0.0519 e. The predicted octanol–water partition coefficient (Wildman–Crippen LogP) is 3.42. The van der Waals surface area contributed by atoms with Crippen molar-refractivity contribution in [2.24, 2.45) is 5.41 Å². The van der Waals surface area contributed by atoms with Gasteiger partial charge in [-0.2, -0.15) is 0 Å². The first-order chi connectivity index (χ1) is 7.36. The van der Waals surface area contributed by atoms with Crippen molar-refractivity contribution in [2.75, 3.05) is 6.61 Å². The molecule has 1 N–H and O–H groups in total. The third-order valence-corrected chi connectivity index (χ3v) is 3.34. The molecular weight excluding hydrogens is 196 g/mol. The van der Waals surface area contributed by atoms with Crippen LogP contribution < -0.4 is 0 Å². The van der Waals surface area contributed by atoms with Crippen molar-refractivity contribution in [2.45, 2.75) is 34.1 Å². The molecule has 0 bridgehead atoms. The molecule has 0 heterocycles. The van der Waals surface area contributed by atoms with Crippen molar-refractivity contribution >= 4 is 0 Å². The molecule has 0 saturated heterocycles. The van der Waals surface area contributed by atoms with Crippen LogP contribution in [0.1, 0.15) is 30.5 Å². The van der Waals surface area contributed by atoms with Gasteiger partial charge in [0.2, 0.25) is 0 Å². The van der Waals surface area contributed by atoms with E-state index in [1.807, 2.05) is 13.8 Å². The molecular formula is C15H22O. The van der Waals surface area contributed by atoms with E-state index in [1.54, 1.807) is 0 Å². The number of benzene rings is 1. The van der Waals surface area contributed by atoms with Gasteiger partial charge < -0.3 is 5.11 Å². The molecule has 88 valence electrons. The smallest absolute Gasteiger partial charge is 0.0519 e. The molecule has 1 aromatic rings. The van der Waals surface area contributed by atoms with Gasteiger partial charge in [-0.25, -0.2) is 0 Å². The lowest BCUT2D eigenvalue weighted by atomic mass is 9.82. The van der Waals surface area contributed by atoms with Gasteiger partial charge in [-0.3, -0.25) is 0 Å². The monoisotopic (exact) mass is 218 g/mol. The van der Waals surface area contributed by atoms with Crippen molar-refractivity contribution < 1.29 is 5.11 Å². The Labute approximate surface area is 98.8 Å². The largest absolute Gasteiger partial charge is 0.395 e. The summed E-state index contributed by atoms with van der Waals surface area (Å²) < 4.78 is 0. The van der Waals surface area contributed by atoms with Crippen LogP contribution in [-0.2, 0) is 6.42 Å². The Hall–Kier alpha value is -1.08. The number of aliphatic hydroxyl groups excluding tert-OH is 1. The molecule has 1 heteroatoms. The lowest BCUT2D eigenvalue weighted by Gasteiger charge is -2.25. The zero-order valence-corrected chi connectivity index (χ0v) is 10.8. The molecule has 0 atom stereocenters. The van der Waals surface area contributed by atoms with Crippen LogP contribution in [-0.4, -0.2) is 11.7 Å². The van der Waals surface area contributed by atoms with Gasteiger partial charge in [0.05, 0.1) is 6.61 Å². The van der Waals surface area contributed by atoms with E-state index in [4.69, 9.17) is 0 Å². The fraction of sp³-hybridized carbons (Fsp3) is 0.467. The Bertz CT molecular complexity index is 388. The zero-order chi connectivity index (χ0) is 12.3. The Morgan fingerprint density at radius 2 is 1.88 bits per heavy atom. The summed E-state index contributed by atoms with van der Waals surface area (Å²) >= 11 is 0. The number of hydrogen-bond acceptors (Lipinski definition) is 1. The van der Waals surface area contributed by atoms with Gasteiger partial charge in [0.1, 0.15) is 0 Å². The van der Waals surface area contributed by atoms with E-state index in [0.29, 0.717) is 0 Å². The normalized spacial score (nSPS) is 11.6. The fourth-order valence-corrected chi connectivity index (χ4v) is 1.51. The second kappa shape index (κ2) is 4.84. The highest BCUT2D eigenvalue weighted by Crippen LogP contribution is 2.27. The van der Waals surface area contributed by atoms with Crippen LogP contribution in [0.2, 0.25) is 0 Å². The van der Waals surface area contributed by atoms with Gasteiger partial charge in [0.25, 0.3) is 0 Å². The van der Waals surface area contributed by atoms with Gasteiger partial charge in [-0.05, 0) is 37.0 Å². The van der Waals surface area contributed by atoms with Gasteiger partial charge in [-0.15, -0.1) is 0 Å². The quantitative estimate of drug-likeness (QED) is 0.768. The van der Waals surface area contributed by atoms with Crippen LogP contribution in [0.15, 0.2) is 30.4 Å². The molecule has 1 aromatic carbocycles. The summed E-state index contributed by atoms with van der Waals surface area (Å²) in [6.45, 7) is 12.5. The maximum absolute atomic E-state index is 9.28. The lowest BCUT2D eigenvalue weighted by Crippen LogP contribution is -2.20. The SMILES string of the molecule is C=C(Cc1ccc(C)c(C)c1)C(C)(C)CO. The number of hydrogen-bond donors (Lipinski definition) is 1. The standard InChI is InChI=1S/C15H22O/c1-11-6-7-14(8-12(11)2)9-13(3)15(4,5)10-16/h6-8,16H,3,9-10H2,1-2,4-5H3. The van der Waals surface area contributed by atoms with Crippen molar-refractivity contribution in [1.29, 1.82) is 0 Å². The number of rotatable bonds is 4. The molecule has 0 spiro atoms.